The number of carbonyl (C=O) groups is 2. The maximum Gasteiger partial charge on any atom is 0.307 e. The zero-order valence-corrected chi connectivity index (χ0v) is 20.8. The van der Waals surface area contributed by atoms with Gasteiger partial charge < -0.3 is 5.11 Å². The monoisotopic (exact) mass is 507 g/mol. The maximum absolute atomic E-state index is 12.6. The Bertz CT molecular complexity index is 1310. The molecule has 3 aromatic carbocycles. The van der Waals surface area contributed by atoms with Crippen LogP contribution in [0, 0.1) is 6.92 Å². The molecular formula is C27H22ClNO3S2. The van der Waals surface area contributed by atoms with Crippen molar-refractivity contribution in [3.63, 3.8) is 0 Å². The van der Waals surface area contributed by atoms with Gasteiger partial charge in [0.2, 0.25) is 0 Å². The van der Waals surface area contributed by atoms with Gasteiger partial charge in [-0.15, -0.1) is 23.1 Å². The van der Waals surface area contributed by atoms with Gasteiger partial charge in [-0.3, -0.25) is 9.59 Å². The third-order valence-corrected chi connectivity index (χ3v) is 7.77. The minimum atomic E-state index is -0.842. The Labute approximate surface area is 211 Å². The predicted octanol–water partition coefficient (Wildman–Crippen LogP) is 6.97. The van der Waals surface area contributed by atoms with Crippen LogP contribution < -0.4 is 0 Å². The summed E-state index contributed by atoms with van der Waals surface area (Å²) in [6.45, 7) is 2.00. The van der Waals surface area contributed by atoms with Crippen LogP contribution in [0.4, 0.5) is 0 Å². The van der Waals surface area contributed by atoms with Crippen molar-refractivity contribution in [1.82, 2.24) is 4.98 Å². The first kappa shape index (κ1) is 24.2. The summed E-state index contributed by atoms with van der Waals surface area (Å²) in [5.41, 5.74) is 8.35. The lowest BCUT2D eigenvalue weighted by Crippen LogP contribution is -2.05. The van der Waals surface area contributed by atoms with E-state index in [2.05, 4.69) is 4.98 Å². The Kier molecular flexibility index (Phi) is 7.83. The molecular weight excluding hydrogens is 486 g/mol. The number of hydrogen-bond donors (Lipinski definition) is 1. The van der Waals surface area contributed by atoms with E-state index in [0.29, 0.717) is 17.2 Å². The molecule has 0 unspecified atom stereocenters. The smallest absolute Gasteiger partial charge is 0.307 e. The molecule has 0 aliphatic rings. The highest BCUT2D eigenvalue weighted by Gasteiger charge is 2.14. The Morgan fingerprint density at radius 3 is 2.15 bits per heavy atom. The largest absolute Gasteiger partial charge is 0.481 e. The molecule has 172 valence electrons. The minimum Gasteiger partial charge on any atom is -0.481 e. The molecule has 34 heavy (non-hydrogen) atoms. The number of carboxylic acid groups (broad SMARTS) is 1. The van der Waals surface area contributed by atoms with E-state index in [0.717, 1.165) is 43.3 Å². The molecule has 0 radical (unpaired) electrons. The van der Waals surface area contributed by atoms with Crippen molar-refractivity contribution in [3.05, 3.63) is 94.0 Å². The summed E-state index contributed by atoms with van der Waals surface area (Å²) in [5.74, 6) is -0.332. The van der Waals surface area contributed by atoms with Crippen molar-refractivity contribution in [2.45, 2.75) is 24.0 Å². The number of carboxylic acids is 1. The first-order valence-electron chi connectivity index (χ1n) is 10.6. The molecule has 1 heterocycles. The SMILES string of the molecule is Cc1ccc(-c2ncsc2SCC(=O)Cc2ccc(-c3ccc(CC(=O)O)cc3)cc2)c(Cl)c1. The number of carbonyl (C=O) groups excluding carboxylic acids is 1. The summed E-state index contributed by atoms with van der Waals surface area (Å²) in [7, 11) is 0. The lowest BCUT2D eigenvalue weighted by Gasteiger charge is -2.07. The van der Waals surface area contributed by atoms with E-state index in [9.17, 15) is 9.59 Å². The van der Waals surface area contributed by atoms with Gasteiger partial charge in [-0.25, -0.2) is 4.98 Å². The minimum absolute atomic E-state index is 0.0143. The van der Waals surface area contributed by atoms with Crippen LogP contribution in [0.5, 0.6) is 0 Å². The molecule has 4 aromatic rings. The Morgan fingerprint density at radius 2 is 1.56 bits per heavy atom. The fraction of sp³-hybridized carbons (Fsp3) is 0.148. The quantitative estimate of drug-likeness (QED) is 0.248. The number of Topliss-reactive ketones (excluding diaryl/α,β-unsaturated/α-hetero) is 1. The number of aryl methyl sites for hydroxylation is 1. The molecule has 4 rings (SSSR count). The normalized spacial score (nSPS) is 10.9. The van der Waals surface area contributed by atoms with Gasteiger partial charge in [0.05, 0.1) is 32.6 Å². The molecule has 0 fully saturated rings. The van der Waals surface area contributed by atoms with Gasteiger partial charge in [0.1, 0.15) is 5.78 Å². The molecule has 0 aliphatic heterocycles. The average molecular weight is 508 g/mol. The summed E-state index contributed by atoms with van der Waals surface area (Å²) in [6, 6.07) is 21.3. The first-order valence-corrected chi connectivity index (χ1v) is 12.9. The third kappa shape index (κ3) is 6.14. The number of thioether (sulfide) groups is 1. The number of ketones is 1. The van der Waals surface area contributed by atoms with E-state index < -0.39 is 5.97 Å². The topological polar surface area (TPSA) is 67.3 Å². The van der Waals surface area contributed by atoms with Crippen molar-refractivity contribution >= 4 is 46.5 Å². The number of thiazole rings is 1. The molecule has 0 spiro atoms. The standard InChI is InChI=1S/C27H22ClNO3S2/c1-17-2-11-23(24(28)12-17)26-27(34-16-29-26)33-15-22(30)13-18-3-7-20(8-4-18)21-9-5-19(6-10-21)14-25(31)32/h2-12,16H,13-15H2,1H3,(H,31,32). The zero-order valence-electron chi connectivity index (χ0n) is 18.5. The molecule has 0 amide bonds. The van der Waals surface area contributed by atoms with Gasteiger partial charge in [-0.05, 0) is 40.8 Å². The number of hydrogen-bond acceptors (Lipinski definition) is 5. The van der Waals surface area contributed by atoms with Gasteiger partial charge in [-0.2, -0.15) is 0 Å². The summed E-state index contributed by atoms with van der Waals surface area (Å²) >= 11 is 9.43. The summed E-state index contributed by atoms with van der Waals surface area (Å²) in [5, 5.41) is 9.56. The number of benzene rings is 3. The number of aromatic nitrogens is 1. The van der Waals surface area contributed by atoms with Crippen molar-refractivity contribution in [1.29, 1.82) is 0 Å². The summed E-state index contributed by atoms with van der Waals surface area (Å²) in [6.07, 6.45) is 0.380. The highest BCUT2D eigenvalue weighted by atomic mass is 35.5. The number of halogens is 1. The molecule has 0 atom stereocenters. The summed E-state index contributed by atoms with van der Waals surface area (Å²) < 4.78 is 0.987. The van der Waals surface area contributed by atoms with Gasteiger partial charge in [0.25, 0.3) is 0 Å². The van der Waals surface area contributed by atoms with Gasteiger partial charge in [0.15, 0.2) is 0 Å². The third-order valence-electron chi connectivity index (χ3n) is 5.28. The lowest BCUT2D eigenvalue weighted by molar-refractivity contribution is -0.136. The highest BCUT2D eigenvalue weighted by Crippen LogP contribution is 2.37. The predicted molar refractivity (Wildman–Crippen MR) is 140 cm³/mol. The molecule has 1 aromatic heterocycles. The van der Waals surface area contributed by atoms with Crippen LogP contribution in [0.2, 0.25) is 5.02 Å². The van der Waals surface area contributed by atoms with Crippen molar-refractivity contribution < 1.29 is 14.7 Å². The second kappa shape index (κ2) is 11.0. The summed E-state index contributed by atoms with van der Waals surface area (Å²) in [4.78, 5) is 27.9. The molecule has 0 saturated heterocycles. The molecule has 7 heteroatoms. The van der Waals surface area contributed by atoms with Gasteiger partial charge in [0, 0.05) is 12.0 Å². The number of nitrogens with zero attached hydrogens (tertiary/aromatic N) is 1. The van der Waals surface area contributed by atoms with Crippen LogP contribution >= 0.6 is 34.7 Å². The highest BCUT2D eigenvalue weighted by molar-refractivity contribution is 8.01. The lowest BCUT2D eigenvalue weighted by atomic mass is 10.0. The molecule has 0 aliphatic carbocycles. The van der Waals surface area contributed by atoms with E-state index in [1.54, 1.807) is 5.51 Å². The first-order chi connectivity index (χ1) is 16.4. The van der Waals surface area contributed by atoms with E-state index in [1.807, 2.05) is 73.7 Å². The molecule has 0 saturated carbocycles. The Morgan fingerprint density at radius 1 is 0.941 bits per heavy atom. The van der Waals surface area contributed by atoms with Crippen molar-refractivity contribution in [3.8, 4) is 22.4 Å². The second-order valence-corrected chi connectivity index (χ2v) is 10.4. The molecule has 0 bridgehead atoms. The van der Waals surface area contributed by atoms with E-state index in [1.165, 1.54) is 23.1 Å². The van der Waals surface area contributed by atoms with Crippen LogP contribution in [0.15, 0.2) is 76.4 Å². The van der Waals surface area contributed by atoms with Crippen molar-refractivity contribution in [2.24, 2.45) is 0 Å². The van der Waals surface area contributed by atoms with E-state index >= 15 is 0 Å². The Balaban J connectivity index is 1.35. The average Bonchev–Trinajstić information content (AvgIpc) is 3.27. The van der Waals surface area contributed by atoms with Crippen LogP contribution in [0.1, 0.15) is 16.7 Å². The van der Waals surface area contributed by atoms with E-state index in [4.69, 9.17) is 16.7 Å². The fourth-order valence-corrected chi connectivity index (χ4v) is 5.68. The maximum atomic E-state index is 12.6. The van der Waals surface area contributed by atoms with E-state index in [-0.39, 0.29) is 12.2 Å². The van der Waals surface area contributed by atoms with Gasteiger partial charge in [-0.1, -0.05) is 72.3 Å². The van der Waals surface area contributed by atoms with Crippen LogP contribution in [-0.4, -0.2) is 27.6 Å². The van der Waals surface area contributed by atoms with Gasteiger partial charge >= 0.3 is 5.97 Å². The molecule has 4 nitrogen and oxygen atoms in total. The Hall–Kier alpha value is -2.93. The number of aliphatic carboxylic acids is 1. The zero-order chi connectivity index (χ0) is 24.1. The number of rotatable bonds is 9. The van der Waals surface area contributed by atoms with Crippen LogP contribution in [0.25, 0.3) is 22.4 Å². The van der Waals surface area contributed by atoms with Crippen molar-refractivity contribution in [2.75, 3.05) is 5.75 Å². The second-order valence-electron chi connectivity index (χ2n) is 7.94. The molecule has 1 N–H and O–H groups in total. The van der Waals surface area contributed by atoms with Crippen LogP contribution in [-0.2, 0) is 22.4 Å². The fourth-order valence-electron chi connectivity index (χ4n) is 3.56. The van der Waals surface area contributed by atoms with Crippen LogP contribution in [0.3, 0.4) is 0 Å².